The van der Waals surface area contributed by atoms with E-state index in [-0.39, 0.29) is 18.1 Å². The number of unbranched alkanes of at least 4 members (excludes halogenated alkanes) is 1. The lowest BCUT2D eigenvalue weighted by atomic mass is 10.0. The third-order valence-corrected chi connectivity index (χ3v) is 6.89. The summed E-state index contributed by atoms with van der Waals surface area (Å²) in [6.45, 7) is 1.96. The molecular formula is C35H34N2O6. The molecule has 8 nitrogen and oxygen atoms in total. The number of benzene rings is 4. The maximum atomic E-state index is 11.3. The van der Waals surface area contributed by atoms with Crippen LogP contribution in [0.15, 0.2) is 103 Å². The van der Waals surface area contributed by atoms with E-state index in [1.807, 2.05) is 72.8 Å². The molecule has 0 bridgehead atoms. The van der Waals surface area contributed by atoms with Gasteiger partial charge in [0.2, 0.25) is 0 Å². The quantitative estimate of drug-likeness (QED) is 0.136. The standard InChI is InChI=1S/C35H34N2O6/c36-22-28-7-6-8-30(21-28)33(42-25-27-14-18-32(19-15-27)43-31-9-2-1-3-10-31)24-37(20-5-4-11-34(38)39)23-26-12-16-29(17-13-26)35(40)41/h1-3,6-10,12-19,21,33H,4-5,11,20,23-25H2,(H,38,39)(H,40,41)/t33-/m0/s1. The number of carbonyl (C=O) groups is 2. The average molecular weight is 579 g/mol. The number of nitriles is 1. The Morgan fingerprint density at radius 2 is 1.51 bits per heavy atom. The number of carboxylic acids is 2. The van der Waals surface area contributed by atoms with Crippen molar-refractivity contribution in [1.82, 2.24) is 4.90 Å². The summed E-state index contributed by atoms with van der Waals surface area (Å²) in [6, 6.07) is 33.5. The number of nitrogens with zero attached hydrogens (tertiary/aromatic N) is 2. The Labute approximate surface area is 251 Å². The zero-order valence-electron chi connectivity index (χ0n) is 23.8. The Bertz CT molecular complexity index is 1510. The van der Waals surface area contributed by atoms with Crippen molar-refractivity contribution in [3.05, 3.63) is 131 Å². The number of aromatic carboxylic acids is 1. The lowest BCUT2D eigenvalue weighted by molar-refractivity contribution is -0.137. The molecule has 0 aliphatic rings. The Hall–Kier alpha value is -4.97. The monoisotopic (exact) mass is 578 g/mol. The van der Waals surface area contributed by atoms with Crippen molar-refractivity contribution in [3.63, 3.8) is 0 Å². The Morgan fingerprint density at radius 3 is 2.19 bits per heavy atom. The number of hydrogen-bond acceptors (Lipinski definition) is 6. The summed E-state index contributed by atoms with van der Waals surface area (Å²) in [5.74, 6) is -0.340. The average Bonchev–Trinajstić information content (AvgIpc) is 3.02. The van der Waals surface area contributed by atoms with Crippen LogP contribution in [-0.2, 0) is 22.7 Å². The molecule has 0 radical (unpaired) electrons. The van der Waals surface area contributed by atoms with Gasteiger partial charge in [-0.3, -0.25) is 9.69 Å². The van der Waals surface area contributed by atoms with Crippen LogP contribution in [0.5, 0.6) is 11.5 Å². The molecular weight excluding hydrogens is 544 g/mol. The van der Waals surface area contributed by atoms with E-state index in [1.54, 1.807) is 30.3 Å². The predicted octanol–water partition coefficient (Wildman–Crippen LogP) is 7.06. The second-order valence-corrected chi connectivity index (χ2v) is 10.2. The van der Waals surface area contributed by atoms with Crippen LogP contribution in [0.1, 0.15) is 58.0 Å². The van der Waals surface area contributed by atoms with Crippen molar-refractivity contribution in [2.24, 2.45) is 0 Å². The summed E-state index contributed by atoms with van der Waals surface area (Å²) >= 11 is 0. The van der Waals surface area contributed by atoms with Crippen molar-refractivity contribution in [2.45, 2.75) is 38.5 Å². The second kappa shape index (κ2) is 15.9. The van der Waals surface area contributed by atoms with Crippen molar-refractivity contribution in [3.8, 4) is 17.6 Å². The minimum absolute atomic E-state index is 0.0925. The fourth-order valence-corrected chi connectivity index (χ4v) is 4.63. The van der Waals surface area contributed by atoms with Gasteiger partial charge in [-0.2, -0.15) is 5.26 Å². The molecule has 0 unspecified atom stereocenters. The highest BCUT2D eigenvalue weighted by molar-refractivity contribution is 5.87. The van der Waals surface area contributed by atoms with Crippen molar-refractivity contribution < 1.29 is 29.3 Å². The molecule has 0 spiro atoms. The van der Waals surface area contributed by atoms with Crippen molar-refractivity contribution >= 4 is 11.9 Å². The highest BCUT2D eigenvalue weighted by Gasteiger charge is 2.19. The van der Waals surface area contributed by atoms with E-state index in [9.17, 15) is 20.0 Å². The van der Waals surface area contributed by atoms with Gasteiger partial charge in [0, 0.05) is 19.5 Å². The van der Waals surface area contributed by atoms with E-state index in [4.69, 9.17) is 14.6 Å². The van der Waals surface area contributed by atoms with E-state index < -0.39 is 11.9 Å². The zero-order valence-corrected chi connectivity index (χ0v) is 23.8. The van der Waals surface area contributed by atoms with Crippen molar-refractivity contribution in [2.75, 3.05) is 13.1 Å². The van der Waals surface area contributed by atoms with Crippen LogP contribution < -0.4 is 4.74 Å². The lowest BCUT2D eigenvalue weighted by Gasteiger charge is -2.28. The van der Waals surface area contributed by atoms with Gasteiger partial charge in [-0.05, 0) is 84.6 Å². The molecule has 4 rings (SSSR count). The number of carboxylic acid groups (broad SMARTS) is 2. The molecule has 220 valence electrons. The third-order valence-electron chi connectivity index (χ3n) is 6.89. The smallest absolute Gasteiger partial charge is 0.335 e. The number of para-hydroxylation sites is 1. The molecule has 0 aromatic heterocycles. The van der Waals surface area contributed by atoms with Gasteiger partial charge in [-0.15, -0.1) is 0 Å². The molecule has 4 aromatic rings. The van der Waals surface area contributed by atoms with Crippen LogP contribution in [0.3, 0.4) is 0 Å². The Balaban J connectivity index is 1.50. The van der Waals surface area contributed by atoms with Gasteiger partial charge in [0.25, 0.3) is 0 Å². The van der Waals surface area contributed by atoms with E-state index in [1.165, 1.54) is 0 Å². The molecule has 43 heavy (non-hydrogen) atoms. The maximum Gasteiger partial charge on any atom is 0.335 e. The van der Waals surface area contributed by atoms with Crippen molar-refractivity contribution in [1.29, 1.82) is 5.26 Å². The second-order valence-electron chi connectivity index (χ2n) is 10.2. The fraction of sp³-hybridized carbons (Fsp3) is 0.229. The summed E-state index contributed by atoms with van der Waals surface area (Å²) in [6.07, 6.45) is 0.922. The number of ether oxygens (including phenoxy) is 2. The molecule has 0 aliphatic carbocycles. The molecule has 1 atom stereocenters. The van der Waals surface area contributed by atoms with Crippen LogP contribution in [-0.4, -0.2) is 40.1 Å². The maximum absolute atomic E-state index is 11.3. The first-order chi connectivity index (χ1) is 20.9. The summed E-state index contributed by atoms with van der Waals surface area (Å²) in [7, 11) is 0. The Morgan fingerprint density at radius 1 is 0.814 bits per heavy atom. The Kier molecular flexibility index (Phi) is 11.4. The first kappa shape index (κ1) is 31.0. The van der Waals surface area contributed by atoms with E-state index in [0.29, 0.717) is 44.6 Å². The molecule has 4 aromatic carbocycles. The van der Waals surface area contributed by atoms with Crippen LogP contribution in [0.2, 0.25) is 0 Å². The normalized spacial score (nSPS) is 11.5. The molecule has 0 amide bonds. The molecule has 0 saturated heterocycles. The SMILES string of the molecule is N#Cc1cccc([C@H](CN(CCCCC(=O)O)Cc2ccc(C(=O)O)cc2)OCc2ccc(Oc3ccccc3)cc2)c1. The van der Waals surface area contributed by atoms with Crippen LogP contribution >= 0.6 is 0 Å². The largest absolute Gasteiger partial charge is 0.481 e. The van der Waals surface area contributed by atoms with Gasteiger partial charge in [0.15, 0.2) is 0 Å². The molecule has 0 heterocycles. The molecule has 2 N–H and O–H groups in total. The molecule has 0 saturated carbocycles. The first-order valence-corrected chi connectivity index (χ1v) is 14.1. The summed E-state index contributed by atoms with van der Waals surface area (Å²) in [4.78, 5) is 24.5. The highest BCUT2D eigenvalue weighted by Crippen LogP contribution is 2.25. The number of rotatable bonds is 16. The lowest BCUT2D eigenvalue weighted by Crippen LogP contribution is -2.30. The van der Waals surface area contributed by atoms with Gasteiger partial charge in [-0.25, -0.2) is 4.79 Å². The van der Waals surface area contributed by atoms with Crippen LogP contribution in [0.4, 0.5) is 0 Å². The summed E-state index contributed by atoms with van der Waals surface area (Å²) in [5.41, 5.74) is 3.50. The van der Waals surface area contributed by atoms with Gasteiger partial charge in [0.05, 0.1) is 29.9 Å². The van der Waals surface area contributed by atoms with E-state index >= 15 is 0 Å². The van der Waals surface area contributed by atoms with Gasteiger partial charge < -0.3 is 19.7 Å². The highest BCUT2D eigenvalue weighted by atomic mass is 16.5. The third kappa shape index (κ3) is 10.1. The minimum Gasteiger partial charge on any atom is -0.481 e. The first-order valence-electron chi connectivity index (χ1n) is 14.1. The number of hydrogen-bond donors (Lipinski definition) is 2. The van der Waals surface area contributed by atoms with Crippen LogP contribution in [0, 0.1) is 11.3 Å². The topological polar surface area (TPSA) is 120 Å². The fourth-order valence-electron chi connectivity index (χ4n) is 4.63. The van der Waals surface area contributed by atoms with Gasteiger partial charge >= 0.3 is 11.9 Å². The zero-order chi connectivity index (χ0) is 30.4. The van der Waals surface area contributed by atoms with Gasteiger partial charge in [0.1, 0.15) is 11.5 Å². The molecule has 0 aliphatic heterocycles. The molecule has 0 fully saturated rings. The van der Waals surface area contributed by atoms with E-state index in [2.05, 4.69) is 11.0 Å². The number of aliphatic carboxylic acids is 1. The minimum atomic E-state index is -0.984. The molecule has 8 heteroatoms. The summed E-state index contributed by atoms with van der Waals surface area (Å²) < 4.78 is 12.4. The summed E-state index contributed by atoms with van der Waals surface area (Å²) in [5, 5.41) is 27.9. The van der Waals surface area contributed by atoms with E-state index in [0.717, 1.165) is 28.2 Å². The predicted molar refractivity (Wildman–Crippen MR) is 162 cm³/mol. The van der Waals surface area contributed by atoms with Gasteiger partial charge in [-0.1, -0.05) is 54.6 Å². The van der Waals surface area contributed by atoms with Crippen LogP contribution in [0.25, 0.3) is 0 Å².